The van der Waals surface area contributed by atoms with Gasteiger partial charge in [0.2, 0.25) is 6.29 Å². The lowest BCUT2D eigenvalue weighted by Gasteiger charge is -2.41. The Morgan fingerprint density at radius 3 is 2.41 bits per heavy atom. The number of allylic oxidation sites excluding steroid dienone is 1. The standard InChI is InChI=1S/C25H32O12/c1-3-15-16(10-19(28)34-9-8-13-4-6-14(27)7-5-13)17(23(32)33-2)12-35-24(15)37-25-22(31)21(30)20(29)18(11-26)36-25/h3-7,12,16,18,20-22,24-27,29-31H,8-11H2,1-2H3/t16-,18-,20-,21+,22-,24+,25+/m1/s1. The van der Waals surface area contributed by atoms with E-state index in [4.69, 9.17) is 23.7 Å². The average molecular weight is 525 g/mol. The van der Waals surface area contributed by atoms with Crippen molar-refractivity contribution in [2.45, 2.75) is 56.8 Å². The van der Waals surface area contributed by atoms with Gasteiger partial charge in [0.15, 0.2) is 6.29 Å². The number of methoxy groups -OCH3 is 1. The normalized spacial score (nSPS) is 30.8. The summed E-state index contributed by atoms with van der Waals surface area (Å²) in [5.74, 6) is -2.07. The molecule has 0 spiro atoms. The summed E-state index contributed by atoms with van der Waals surface area (Å²) in [6, 6.07) is 6.47. The summed E-state index contributed by atoms with van der Waals surface area (Å²) in [6.45, 7) is 1.06. The number of rotatable bonds is 9. The van der Waals surface area contributed by atoms with E-state index < -0.39 is 61.5 Å². The highest BCUT2D eigenvalue weighted by Crippen LogP contribution is 2.36. The van der Waals surface area contributed by atoms with E-state index in [1.165, 1.54) is 19.2 Å². The zero-order valence-corrected chi connectivity index (χ0v) is 20.4. The summed E-state index contributed by atoms with van der Waals surface area (Å²) in [5, 5.41) is 49.1. The van der Waals surface area contributed by atoms with Crippen molar-refractivity contribution in [3.05, 3.63) is 53.3 Å². The van der Waals surface area contributed by atoms with E-state index in [2.05, 4.69) is 0 Å². The Kier molecular flexibility index (Phi) is 10.0. The largest absolute Gasteiger partial charge is 0.508 e. The van der Waals surface area contributed by atoms with Crippen LogP contribution < -0.4 is 0 Å². The second kappa shape index (κ2) is 13.0. The average Bonchev–Trinajstić information content (AvgIpc) is 2.89. The van der Waals surface area contributed by atoms with Gasteiger partial charge in [-0.15, -0.1) is 0 Å². The first-order valence-corrected chi connectivity index (χ1v) is 11.7. The predicted octanol–water partition coefficient (Wildman–Crippen LogP) is -0.340. The fourth-order valence-electron chi connectivity index (χ4n) is 4.10. The fraction of sp³-hybridized carbons (Fsp3) is 0.520. The molecule has 2 aliphatic heterocycles. The van der Waals surface area contributed by atoms with Crippen LogP contribution in [0.15, 0.2) is 47.7 Å². The highest BCUT2D eigenvalue weighted by molar-refractivity contribution is 5.90. The van der Waals surface area contributed by atoms with Crippen molar-refractivity contribution in [3.8, 4) is 5.75 Å². The lowest BCUT2D eigenvalue weighted by atomic mass is 9.86. The summed E-state index contributed by atoms with van der Waals surface area (Å²) in [5.41, 5.74) is 1.23. The number of phenols is 1. The number of aliphatic hydroxyl groups excluding tert-OH is 4. The molecule has 12 heteroatoms. The molecule has 0 aliphatic carbocycles. The van der Waals surface area contributed by atoms with Gasteiger partial charge in [0.25, 0.3) is 0 Å². The number of aromatic hydroxyl groups is 1. The van der Waals surface area contributed by atoms with Gasteiger partial charge >= 0.3 is 11.9 Å². The number of benzene rings is 1. The molecule has 37 heavy (non-hydrogen) atoms. The Morgan fingerprint density at radius 1 is 1.08 bits per heavy atom. The Labute approximate surface area is 213 Å². The quantitative estimate of drug-likeness (QED) is 0.210. The maximum absolute atomic E-state index is 12.7. The first-order chi connectivity index (χ1) is 17.7. The molecule has 1 aromatic carbocycles. The van der Waals surface area contributed by atoms with Crippen molar-refractivity contribution in [1.29, 1.82) is 0 Å². The SMILES string of the molecule is CC=C1[C@H](O[C@@H]2O[C@H](CO)[C@@H](O)[C@H](O)[C@H]2O)OC=C(C(=O)OC)[C@@H]1CC(=O)OCCc1ccc(O)cc1. The third-order valence-corrected chi connectivity index (χ3v) is 6.19. The Bertz CT molecular complexity index is 986. The molecule has 12 nitrogen and oxygen atoms in total. The molecule has 0 aromatic heterocycles. The molecule has 1 fully saturated rings. The van der Waals surface area contributed by atoms with Gasteiger partial charge in [-0.05, 0) is 24.6 Å². The molecule has 7 atom stereocenters. The van der Waals surface area contributed by atoms with Gasteiger partial charge in [-0.3, -0.25) is 4.79 Å². The fourth-order valence-corrected chi connectivity index (χ4v) is 4.10. The minimum absolute atomic E-state index is 0.0414. The summed E-state index contributed by atoms with van der Waals surface area (Å²) in [6.07, 6.45) is -6.02. The number of carbonyl (C=O) groups is 2. The molecule has 204 valence electrons. The summed E-state index contributed by atoms with van der Waals surface area (Å²) < 4.78 is 26.8. The maximum atomic E-state index is 12.7. The topological polar surface area (TPSA) is 181 Å². The molecule has 1 aromatic rings. The van der Waals surface area contributed by atoms with Gasteiger partial charge < -0.3 is 49.2 Å². The van der Waals surface area contributed by atoms with Crippen molar-refractivity contribution < 1.29 is 58.8 Å². The van der Waals surface area contributed by atoms with E-state index in [9.17, 15) is 35.1 Å². The summed E-state index contributed by atoms with van der Waals surface area (Å²) >= 11 is 0. The van der Waals surface area contributed by atoms with Gasteiger partial charge in [-0.2, -0.15) is 0 Å². The highest BCUT2D eigenvalue weighted by Gasteiger charge is 2.46. The Morgan fingerprint density at radius 2 is 1.78 bits per heavy atom. The number of carbonyl (C=O) groups excluding carboxylic acids is 2. The van der Waals surface area contributed by atoms with E-state index in [0.717, 1.165) is 11.8 Å². The minimum atomic E-state index is -1.67. The number of aliphatic hydroxyl groups is 4. The monoisotopic (exact) mass is 524 g/mol. The Balaban J connectivity index is 1.71. The second-order valence-corrected chi connectivity index (χ2v) is 8.55. The lowest BCUT2D eigenvalue weighted by Crippen LogP contribution is -2.60. The van der Waals surface area contributed by atoms with Crippen LogP contribution in [0.4, 0.5) is 0 Å². The van der Waals surface area contributed by atoms with Crippen LogP contribution in [-0.4, -0.2) is 94.8 Å². The van der Waals surface area contributed by atoms with Crippen LogP contribution in [0, 0.1) is 5.92 Å². The summed E-state index contributed by atoms with van der Waals surface area (Å²) in [4.78, 5) is 25.1. The van der Waals surface area contributed by atoms with E-state index in [-0.39, 0.29) is 24.4 Å². The lowest BCUT2D eigenvalue weighted by molar-refractivity contribution is -0.327. The van der Waals surface area contributed by atoms with Crippen LogP contribution in [0.2, 0.25) is 0 Å². The number of hydrogen-bond donors (Lipinski definition) is 5. The number of phenolic OH excluding ortho intramolecular Hbond substituents is 1. The molecular weight excluding hydrogens is 492 g/mol. The third kappa shape index (κ3) is 6.86. The van der Waals surface area contributed by atoms with Crippen LogP contribution in [0.1, 0.15) is 18.9 Å². The van der Waals surface area contributed by atoms with Crippen molar-refractivity contribution in [1.82, 2.24) is 0 Å². The number of ether oxygens (including phenoxy) is 5. The molecule has 0 bridgehead atoms. The van der Waals surface area contributed by atoms with Crippen molar-refractivity contribution in [3.63, 3.8) is 0 Å². The molecule has 0 amide bonds. The van der Waals surface area contributed by atoms with Crippen LogP contribution in [0.3, 0.4) is 0 Å². The van der Waals surface area contributed by atoms with Gasteiger partial charge in [0.05, 0.1) is 38.6 Å². The molecule has 2 heterocycles. The molecular formula is C25H32O12. The van der Waals surface area contributed by atoms with Crippen LogP contribution in [0.5, 0.6) is 5.75 Å². The highest BCUT2D eigenvalue weighted by atomic mass is 16.8. The summed E-state index contributed by atoms with van der Waals surface area (Å²) in [7, 11) is 1.18. The van der Waals surface area contributed by atoms with Crippen LogP contribution in [0.25, 0.3) is 0 Å². The van der Waals surface area contributed by atoms with Crippen molar-refractivity contribution in [2.75, 3.05) is 20.3 Å². The zero-order chi connectivity index (χ0) is 27.1. The molecule has 0 unspecified atom stereocenters. The zero-order valence-electron chi connectivity index (χ0n) is 20.4. The van der Waals surface area contributed by atoms with Crippen molar-refractivity contribution >= 4 is 11.9 Å². The van der Waals surface area contributed by atoms with E-state index in [1.807, 2.05) is 0 Å². The van der Waals surface area contributed by atoms with Gasteiger partial charge in [-0.1, -0.05) is 18.2 Å². The molecule has 1 saturated heterocycles. The molecule has 5 N–H and O–H groups in total. The van der Waals surface area contributed by atoms with Crippen LogP contribution >= 0.6 is 0 Å². The first kappa shape index (κ1) is 28.6. The van der Waals surface area contributed by atoms with Crippen LogP contribution in [-0.2, 0) is 39.7 Å². The smallest absolute Gasteiger partial charge is 0.337 e. The number of hydrogen-bond acceptors (Lipinski definition) is 12. The molecule has 0 radical (unpaired) electrons. The predicted molar refractivity (Wildman–Crippen MR) is 124 cm³/mol. The maximum Gasteiger partial charge on any atom is 0.337 e. The third-order valence-electron chi connectivity index (χ3n) is 6.19. The van der Waals surface area contributed by atoms with E-state index in [1.54, 1.807) is 25.1 Å². The second-order valence-electron chi connectivity index (χ2n) is 8.55. The molecule has 3 rings (SSSR count). The van der Waals surface area contributed by atoms with E-state index in [0.29, 0.717) is 12.0 Å². The first-order valence-electron chi connectivity index (χ1n) is 11.7. The van der Waals surface area contributed by atoms with E-state index >= 15 is 0 Å². The van der Waals surface area contributed by atoms with Gasteiger partial charge in [0, 0.05) is 17.9 Å². The molecule has 2 aliphatic rings. The van der Waals surface area contributed by atoms with Gasteiger partial charge in [0.1, 0.15) is 30.2 Å². The minimum Gasteiger partial charge on any atom is -0.508 e. The number of esters is 2. The van der Waals surface area contributed by atoms with Crippen molar-refractivity contribution in [2.24, 2.45) is 5.92 Å². The molecule has 0 saturated carbocycles. The van der Waals surface area contributed by atoms with Gasteiger partial charge in [-0.25, -0.2) is 4.79 Å². The Hall–Kier alpha value is -3.00.